The first kappa shape index (κ1) is 18.2. The van der Waals surface area contributed by atoms with Crippen LogP contribution in [0, 0.1) is 11.3 Å². The number of ether oxygens (including phenoxy) is 1. The van der Waals surface area contributed by atoms with Crippen LogP contribution in [-0.4, -0.2) is 67.4 Å². The summed E-state index contributed by atoms with van der Waals surface area (Å²) in [7, 11) is 0. The molecule has 3 heterocycles. The number of nitriles is 1. The van der Waals surface area contributed by atoms with Gasteiger partial charge in [0.2, 0.25) is 0 Å². The molecule has 6 nitrogen and oxygen atoms in total. The minimum absolute atomic E-state index is 0.173. The van der Waals surface area contributed by atoms with Crippen LogP contribution in [0.1, 0.15) is 19.4 Å². The van der Waals surface area contributed by atoms with Crippen molar-refractivity contribution in [1.29, 1.82) is 5.26 Å². The second-order valence-electron chi connectivity index (χ2n) is 7.73. The van der Waals surface area contributed by atoms with Crippen LogP contribution in [0.25, 0.3) is 10.9 Å². The average molecular weight is 365 g/mol. The van der Waals surface area contributed by atoms with Crippen LogP contribution in [0.15, 0.2) is 30.5 Å². The molecular formula is C21H27N5O. The third-order valence-electron chi connectivity index (χ3n) is 5.45. The van der Waals surface area contributed by atoms with Crippen LogP contribution < -0.4 is 10.2 Å². The van der Waals surface area contributed by atoms with Gasteiger partial charge in [-0.25, -0.2) is 0 Å². The second-order valence-corrected chi connectivity index (χ2v) is 7.73. The normalized spacial score (nSPS) is 26.9. The predicted octanol–water partition coefficient (Wildman–Crippen LogP) is 1.99. The molecule has 2 aliphatic rings. The number of pyridine rings is 1. The molecule has 0 spiro atoms. The third-order valence-corrected chi connectivity index (χ3v) is 5.45. The first-order valence-corrected chi connectivity index (χ1v) is 9.78. The van der Waals surface area contributed by atoms with Crippen molar-refractivity contribution in [1.82, 2.24) is 15.2 Å². The molecule has 0 bridgehead atoms. The first-order chi connectivity index (χ1) is 13.1. The van der Waals surface area contributed by atoms with E-state index in [9.17, 15) is 5.26 Å². The van der Waals surface area contributed by atoms with E-state index in [0.717, 1.165) is 55.9 Å². The number of anilines is 1. The zero-order valence-electron chi connectivity index (χ0n) is 16.1. The fourth-order valence-corrected chi connectivity index (χ4v) is 4.33. The van der Waals surface area contributed by atoms with E-state index in [4.69, 9.17) is 4.74 Å². The average Bonchev–Trinajstić information content (AvgIpc) is 2.66. The minimum Gasteiger partial charge on any atom is -0.370 e. The zero-order chi connectivity index (χ0) is 18.8. The van der Waals surface area contributed by atoms with Crippen molar-refractivity contribution in [3.8, 4) is 6.07 Å². The van der Waals surface area contributed by atoms with E-state index in [1.165, 1.54) is 0 Å². The van der Waals surface area contributed by atoms with Gasteiger partial charge in [0.1, 0.15) is 6.07 Å². The number of nitrogens with zero attached hydrogens (tertiary/aromatic N) is 4. The predicted molar refractivity (Wildman–Crippen MR) is 107 cm³/mol. The van der Waals surface area contributed by atoms with Gasteiger partial charge in [-0.05, 0) is 38.1 Å². The molecule has 142 valence electrons. The van der Waals surface area contributed by atoms with E-state index in [-0.39, 0.29) is 12.2 Å². The number of hydrogen-bond donors (Lipinski definition) is 1. The highest BCUT2D eigenvalue weighted by molar-refractivity contribution is 5.95. The highest BCUT2D eigenvalue weighted by Crippen LogP contribution is 2.30. The van der Waals surface area contributed by atoms with E-state index >= 15 is 0 Å². The highest BCUT2D eigenvalue weighted by Gasteiger charge is 2.29. The Labute approximate surface area is 160 Å². The number of benzene rings is 1. The lowest BCUT2D eigenvalue weighted by atomic mass is 10.1. The van der Waals surface area contributed by atoms with E-state index in [1.807, 2.05) is 12.1 Å². The summed E-state index contributed by atoms with van der Waals surface area (Å²) >= 11 is 0. The Hall–Kier alpha value is -2.20. The quantitative estimate of drug-likeness (QED) is 0.898. The highest BCUT2D eigenvalue weighted by atomic mass is 16.5. The fourth-order valence-electron chi connectivity index (χ4n) is 4.33. The third kappa shape index (κ3) is 3.91. The SMILES string of the molecule is C[C@@H]1CN(C[C@H]2CN(c3ccc(C#N)c4ncccc34)C[C@@H](C)O2)CCN1. The molecule has 2 fully saturated rings. The lowest BCUT2D eigenvalue weighted by Gasteiger charge is -2.41. The summed E-state index contributed by atoms with van der Waals surface area (Å²) in [5.74, 6) is 0. The maximum Gasteiger partial charge on any atom is 0.101 e. The van der Waals surface area contributed by atoms with E-state index in [1.54, 1.807) is 6.20 Å². The monoisotopic (exact) mass is 365 g/mol. The van der Waals surface area contributed by atoms with Crippen LogP contribution in [0.5, 0.6) is 0 Å². The maximum atomic E-state index is 9.39. The summed E-state index contributed by atoms with van der Waals surface area (Å²) in [6, 6.07) is 10.7. The van der Waals surface area contributed by atoms with Crippen LogP contribution in [0.4, 0.5) is 5.69 Å². The molecular weight excluding hydrogens is 338 g/mol. The van der Waals surface area contributed by atoms with Gasteiger partial charge in [-0.1, -0.05) is 0 Å². The van der Waals surface area contributed by atoms with Crippen molar-refractivity contribution in [2.45, 2.75) is 32.1 Å². The van der Waals surface area contributed by atoms with Gasteiger partial charge >= 0.3 is 0 Å². The second kappa shape index (κ2) is 7.81. The molecule has 4 rings (SSSR count). The summed E-state index contributed by atoms with van der Waals surface area (Å²) < 4.78 is 6.26. The van der Waals surface area contributed by atoms with Gasteiger partial charge in [0.15, 0.2) is 0 Å². The van der Waals surface area contributed by atoms with Crippen LogP contribution in [-0.2, 0) is 4.74 Å². The van der Waals surface area contributed by atoms with Crippen LogP contribution in [0.2, 0.25) is 0 Å². The van der Waals surface area contributed by atoms with E-state index in [0.29, 0.717) is 11.6 Å². The van der Waals surface area contributed by atoms with Gasteiger partial charge in [-0.15, -0.1) is 0 Å². The molecule has 2 saturated heterocycles. The lowest BCUT2D eigenvalue weighted by molar-refractivity contribution is -0.0349. The molecule has 2 aromatic rings. The van der Waals surface area contributed by atoms with Gasteiger partial charge < -0.3 is 15.0 Å². The summed E-state index contributed by atoms with van der Waals surface area (Å²) in [4.78, 5) is 9.35. The molecule has 0 unspecified atom stereocenters. The van der Waals surface area contributed by atoms with Gasteiger partial charge in [0.25, 0.3) is 0 Å². The van der Waals surface area contributed by atoms with Crippen LogP contribution >= 0.6 is 0 Å². The first-order valence-electron chi connectivity index (χ1n) is 9.78. The molecule has 0 amide bonds. The Bertz CT molecular complexity index is 848. The number of morpholine rings is 1. The molecule has 3 atom stereocenters. The Balaban J connectivity index is 1.57. The molecule has 0 aliphatic carbocycles. The summed E-state index contributed by atoms with van der Waals surface area (Å²) in [5, 5.41) is 13.9. The number of piperazine rings is 1. The molecule has 6 heteroatoms. The van der Waals surface area contributed by atoms with Crippen molar-refractivity contribution >= 4 is 16.6 Å². The largest absolute Gasteiger partial charge is 0.370 e. The topological polar surface area (TPSA) is 64.4 Å². The molecule has 2 aliphatic heterocycles. The lowest BCUT2D eigenvalue weighted by Crippen LogP contribution is -2.55. The number of nitrogens with one attached hydrogen (secondary N) is 1. The molecule has 1 N–H and O–H groups in total. The number of hydrogen-bond acceptors (Lipinski definition) is 6. The molecule has 0 saturated carbocycles. The van der Waals surface area contributed by atoms with Gasteiger partial charge in [-0.3, -0.25) is 9.88 Å². The van der Waals surface area contributed by atoms with Gasteiger partial charge in [0.05, 0.1) is 23.3 Å². The summed E-state index contributed by atoms with van der Waals surface area (Å²) in [6.45, 7) is 10.2. The maximum absolute atomic E-state index is 9.39. The smallest absolute Gasteiger partial charge is 0.101 e. The summed E-state index contributed by atoms with van der Waals surface area (Å²) in [6.07, 6.45) is 2.11. The van der Waals surface area contributed by atoms with E-state index in [2.05, 4.69) is 52.2 Å². The Morgan fingerprint density at radius 1 is 1.26 bits per heavy atom. The Morgan fingerprint density at radius 3 is 2.96 bits per heavy atom. The molecule has 1 aromatic carbocycles. The Morgan fingerprint density at radius 2 is 2.15 bits per heavy atom. The van der Waals surface area contributed by atoms with Crippen molar-refractivity contribution in [2.24, 2.45) is 0 Å². The number of fused-ring (bicyclic) bond motifs is 1. The van der Waals surface area contributed by atoms with Crippen molar-refractivity contribution < 1.29 is 4.74 Å². The van der Waals surface area contributed by atoms with Gasteiger partial charge in [0, 0.05) is 62.6 Å². The van der Waals surface area contributed by atoms with E-state index < -0.39 is 0 Å². The minimum atomic E-state index is 0.173. The van der Waals surface area contributed by atoms with Crippen molar-refractivity contribution in [2.75, 3.05) is 44.2 Å². The standard InChI is InChI=1S/C21H27N5O/c1-15-11-25(9-8-23-15)13-18-14-26(12-16(2)27-18)20-6-5-17(10-22)21-19(20)4-3-7-24-21/h3-7,15-16,18,23H,8-9,11-14H2,1-2H3/t15-,16-,18+/m1/s1. The molecule has 0 radical (unpaired) electrons. The zero-order valence-corrected chi connectivity index (χ0v) is 16.1. The van der Waals surface area contributed by atoms with Gasteiger partial charge in [-0.2, -0.15) is 5.26 Å². The fraction of sp³-hybridized carbons (Fsp3) is 0.524. The molecule has 27 heavy (non-hydrogen) atoms. The number of aromatic nitrogens is 1. The van der Waals surface area contributed by atoms with Crippen molar-refractivity contribution in [3.63, 3.8) is 0 Å². The number of rotatable bonds is 3. The van der Waals surface area contributed by atoms with Crippen molar-refractivity contribution in [3.05, 3.63) is 36.0 Å². The van der Waals surface area contributed by atoms with Crippen LogP contribution in [0.3, 0.4) is 0 Å². The summed E-state index contributed by atoms with van der Waals surface area (Å²) in [5.41, 5.74) is 2.55. The Kier molecular flexibility index (Phi) is 5.26. The molecule has 1 aromatic heterocycles.